The monoisotopic (exact) mass is 319 g/mol. The smallest absolute Gasteiger partial charge is 0.207 e. The van der Waals surface area contributed by atoms with Crippen molar-refractivity contribution in [2.24, 2.45) is 0 Å². The predicted molar refractivity (Wildman–Crippen MR) is 69.6 cm³/mol. The molecule has 0 radical (unpaired) electrons. The minimum Gasteiger partial charge on any atom is -0.207 e. The molecule has 0 aliphatic carbocycles. The summed E-state index contributed by atoms with van der Waals surface area (Å²) in [7, 11) is -0.836. The predicted octanol–water partition coefficient (Wildman–Crippen LogP) is 3.19. The first-order valence-electron chi connectivity index (χ1n) is 3.98. The molecule has 0 spiro atoms. The lowest BCUT2D eigenvalue weighted by molar-refractivity contribution is 0.518. The van der Waals surface area contributed by atoms with Crippen molar-refractivity contribution in [3.8, 4) is 0 Å². The van der Waals surface area contributed by atoms with Gasteiger partial charge in [0.2, 0.25) is 10.0 Å². The minimum atomic E-state index is -3.64. The van der Waals surface area contributed by atoms with E-state index in [4.69, 9.17) is 34.8 Å². The number of thiol groups is 1. The first-order valence-corrected chi connectivity index (χ1v) is 7.00. The fourth-order valence-corrected chi connectivity index (χ4v) is 3.28. The number of rotatable bonds is 2. The average Bonchev–Trinajstić information content (AvgIpc) is 2.19. The zero-order valence-electron chi connectivity index (χ0n) is 8.33. The fourth-order valence-electron chi connectivity index (χ4n) is 0.957. The summed E-state index contributed by atoms with van der Waals surface area (Å²) < 4.78 is 24.8. The molecular formula is C8H8Cl3NO2S2. The largest absolute Gasteiger partial charge is 0.243 e. The number of sulfonamides is 1. The normalized spacial score (nSPS) is 12.2. The summed E-state index contributed by atoms with van der Waals surface area (Å²) in [6, 6.07) is 1.23. The molecule has 0 saturated carbocycles. The molecule has 0 N–H and O–H groups in total. The van der Waals surface area contributed by atoms with Crippen molar-refractivity contribution in [1.82, 2.24) is 4.31 Å². The third-order valence-corrected chi connectivity index (χ3v) is 5.71. The Morgan fingerprint density at radius 2 is 1.69 bits per heavy atom. The summed E-state index contributed by atoms with van der Waals surface area (Å²) in [6.07, 6.45) is 0. The van der Waals surface area contributed by atoms with E-state index >= 15 is 0 Å². The van der Waals surface area contributed by atoms with Gasteiger partial charge in [-0.1, -0.05) is 34.8 Å². The van der Waals surface area contributed by atoms with Crippen LogP contribution in [0.25, 0.3) is 0 Å². The van der Waals surface area contributed by atoms with E-state index < -0.39 is 10.0 Å². The summed E-state index contributed by atoms with van der Waals surface area (Å²) in [4.78, 5) is 0.0185. The molecule has 0 heterocycles. The fraction of sp³-hybridized carbons (Fsp3) is 0.250. The third-order valence-electron chi connectivity index (χ3n) is 1.86. The van der Waals surface area contributed by atoms with Gasteiger partial charge < -0.3 is 0 Å². The van der Waals surface area contributed by atoms with Gasteiger partial charge in [-0.15, -0.1) is 12.6 Å². The Labute approximate surface area is 115 Å². The van der Waals surface area contributed by atoms with Crippen LogP contribution in [0.15, 0.2) is 15.9 Å². The van der Waals surface area contributed by atoms with E-state index in [1.165, 1.54) is 20.2 Å². The van der Waals surface area contributed by atoms with E-state index in [0.29, 0.717) is 0 Å². The zero-order chi connectivity index (χ0) is 12.7. The molecular weight excluding hydrogens is 313 g/mol. The zero-order valence-corrected chi connectivity index (χ0v) is 12.3. The highest BCUT2D eigenvalue weighted by atomic mass is 35.5. The van der Waals surface area contributed by atoms with Crippen LogP contribution in [0.4, 0.5) is 0 Å². The topological polar surface area (TPSA) is 37.4 Å². The summed E-state index contributed by atoms with van der Waals surface area (Å²) in [5.41, 5.74) is 0. The second-order valence-corrected chi connectivity index (χ2v) is 6.85. The molecule has 0 aromatic heterocycles. The maximum atomic E-state index is 11.9. The summed E-state index contributed by atoms with van der Waals surface area (Å²) in [5.74, 6) is 0. The molecule has 8 heteroatoms. The SMILES string of the molecule is CN(C)S(=O)(=O)c1cc(Cl)c(Cl)c(Cl)c1S. The second kappa shape index (κ2) is 4.92. The van der Waals surface area contributed by atoms with Gasteiger partial charge in [-0.25, -0.2) is 12.7 Å². The Hall–Kier alpha value is 0.350. The van der Waals surface area contributed by atoms with Crippen molar-refractivity contribution in [2.75, 3.05) is 14.1 Å². The summed E-state index contributed by atoms with van der Waals surface area (Å²) >= 11 is 21.4. The third kappa shape index (κ3) is 2.44. The number of hydrogen-bond donors (Lipinski definition) is 1. The van der Waals surface area contributed by atoms with Crippen LogP contribution in [0.1, 0.15) is 0 Å². The van der Waals surface area contributed by atoms with Gasteiger partial charge >= 0.3 is 0 Å². The maximum Gasteiger partial charge on any atom is 0.243 e. The molecule has 3 nitrogen and oxygen atoms in total. The summed E-state index contributed by atoms with van der Waals surface area (Å²) in [6.45, 7) is 0. The Kier molecular flexibility index (Phi) is 4.43. The molecule has 1 aromatic rings. The van der Waals surface area contributed by atoms with Gasteiger partial charge in [0.25, 0.3) is 0 Å². The molecule has 1 rings (SSSR count). The number of halogens is 3. The molecule has 16 heavy (non-hydrogen) atoms. The molecule has 0 bridgehead atoms. The molecule has 0 saturated heterocycles. The maximum absolute atomic E-state index is 11.9. The van der Waals surface area contributed by atoms with Crippen molar-refractivity contribution >= 4 is 57.5 Å². The molecule has 0 unspecified atom stereocenters. The lowest BCUT2D eigenvalue weighted by atomic mass is 10.3. The van der Waals surface area contributed by atoms with E-state index in [1.54, 1.807) is 0 Å². The lowest BCUT2D eigenvalue weighted by Crippen LogP contribution is -2.22. The highest BCUT2D eigenvalue weighted by Crippen LogP contribution is 2.39. The first kappa shape index (κ1) is 14.4. The Morgan fingerprint density at radius 1 is 1.19 bits per heavy atom. The van der Waals surface area contributed by atoms with Crippen LogP contribution >= 0.6 is 47.4 Å². The Bertz CT molecular complexity index is 529. The van der Waals surface area contributed by atoms with Crippen molar-refractivity contribution in [1.29, 1.82) is 0 Å². The van der Waals surface area contributed by atoms with Crippen molar-refractivity contribution in [3.05, 3.63) is 21.1 Å². The Balaban J connectivity index is 3.61. The van der Waals surface area contributed by atoms with Gasteiger partial charge in [0, 0.05) is 19.0 Å². The lowest BCUT2D eigenvalue weighted by Gasteiger charge is -2.15. The molecule has 1 aromatic carbocycles. The van der Waals surface area contributed by atoms with Gasteiger partial charge in [0.1, 0.15) is 0 Å². The van der Waals surface area contributed by atoms with Gasteiger partial charge in [-0.2, -0.15) is 0 Å². The van der Waals surface area contributed by atoms with Crippen molar-refractivity contribution in [3.63, 3.8) is 0 Å². The first-order chi connectivity index (χ1) is 7.19. The molecule has 0 fully saturated rings. The van der Waals surface area contributed by atoms with Crippen LogP contribution in [0.3, 0.4) is 0 Å². The van der Waals surface area contributed by atoms with Gasteiger partial charge in [-0.05, 0) is 6.07 Å². The van der Waals surface area contributed by atoms with Crippen LogP contribution in [-0.2, 0) is 10.0 Å². The highest BCUT2D eigenvalue weighted by molar-refractivity contribution is 7.90. The van der Waals surface area contributed by atoms with Gasteiger partial charge in [-0.3, -0.25) is 0 Å². The van der Waals surface area contributed by atoms with E-state index in [1.807, 2.05) is 0 Å². The number of benzene rings is 1. The molecule has 0 amide bonds. The molecule has 90 valence electrons. The van der Waals surface area contributed by atoms with Crippen molar-refractivity contribution in [2.45, 2.75) is 9.79 Å². The summed E-state index contributed by atoms with van der Waals surface area (Å²) in [5, 5.41) is 0.189. The molecule has 0 aliphatic rings. The van der Waals surface area contributed by atoms with E-state index in [9.17, 15) is 8.42 Å². The standard InChI is InChI=1S/C8H8Cl3NO2S2/c1-12(2)16(13,14)5-3-4(9)6(10)7(11)8(5)15/h3,15H,1-2H3. The van der Waals surface area contributed by atoms with E-state index in [-0.39, 0.29) is 24.9 Å². The van der Waals surface area contributed by atoms with Crippen LogP contribution in [-0.4, -0.2) is 26.8 Å². The Morgan fingerprint density at radius 3 is 2.12 bits per heavy atom. The van der Waals surface area contributed by atoms with E-state index in [2.05, 4.69) is 12.6 Å². The van der Waals surface area contributed by atoms with Gasteiger partial charge in [0.05, 0.1) is 20.0 Å². The molecule has 0 aliphatic heterocycles. The number of nitrogens with zero attached hydrogens (tertiary/aromatic N) is 1. The van der Waals surface area contributed by atoms with Crippen LogP contribution < -0.4 is 0 Å². The van der Waals surface area contributed by atoms with Crippen LogP contribution in [0.5, 0.6) is 0 Å². The average molecular weight is 321 g/mol. The van der Waals surface area contributed by atoms with Crippen molar-refractivity contribution < 1.29 is 8.42 Å². The van der Waals surface area contributed by atoms with Crippen LogP contribution in [0.2, 0.25) is 15.1 Å². The minimum absolute atomic E-state index is 0.0259. The van der Waals surface area contributed by atoms with Gasteiger partial charge in [0.15, 0.2) is 0 Å². The van der Waals surface area contributed by atoms with Crippen LogP contribution in [0, 0.1) is 0 Å². The van der Waals surface area contributed by atoms with E-state index in [0.717, 1.165) is 4.31 Å². The quantitative estimate of drug-likeness (QED) is 0.671. The second-order valence-electron chi connectivity index (χ2n) is 3.12. The molecule has 0 atom stereocenters. The highest BCUT2D eigenvalue weighted by Gasteiger charge is 2.24. The number of hydrogen-bond acceptors (Lipinski definition) is 3.